The molecule has 0 aliphatic heterocycles. The third-order valence-corrected chi connectivity index (χ3v) is 3.44. The van der Waals surface area contributed by atoms with E-state index < -0.39 is 5.97 Å². The summed E-state index contributed by atoms with van der Waals surface area (Å²) in [5, 5.41) is 19.8. The van der Waals surface area contributed by atoms with E-state index in [0.29, 0.717) is 6.54 Å². The molecule has 0 saturated carbocycles. The zero-order valence-electron chi connectivity index (χ0n) is 13.8. The van der Waals surface area contributed by atoms with Crippen LogP contribution in [0, 0.1) is 5.92 Å². The quantitative estimate of drug-likeness (QED) is 0.779. The van der Waals surface area contributed by atoms with Crippen molar-refractivity contribution in [2.45, 2.75) is 26.7 Å². The third kappa shape index (κ3) is 5.15. The van der Waals surface area contributed by atoms with Gasteiger partial charge in [-0.05, 0) is 34.0 Å². The molecule has 0 unspecified atom stereocenters. The van der Waals surface area contributed by atoms with Crippen LogP contribution >= 0.6 is 0 Å². The predicted molar refractivity (Wildman–Crippen MR) is 86.5 cm³/mol. The molecule has 1 heterocycles. The molecule has 24 heavy (non-hydrogen) atoms. The Morgan fingerprint density at radius 3 is 2.50 bits per heavy atom. The van der Waals surface area contributed by atoms with Crippen molar-refractivity contribution in [2.24, 2.45) is 5.92 Å². The lowest BCUT2D eigenvalue weighted by molar-refractivity contribution is -0.138. The summed E-state index contributed by atoms with van der Waals surface area (Å²) in [6.07, 6.45) is 1.69. The molecule has 0 aliphatic carbocycles. The molecule has 0 radical (unpaired) electrons. The third-order valence-electron chi connectivity index (χ3n) is 3.44. The molecular formula is C16H21N5O3. The fourth-order valence-electron chi connectivity index (χ4n) is 2.32. The lowest BCUT2D eigenvalue weighted by Crippen LogP contribution is -2.37. The maximum atomic E-state index is 12.5. The van der Waals surface area contributed by atoms with Crippen LogP contribution in [0.15, 0.2) is 30.6 Å². The van der Waals surface area contributed by atoms with E-state index >= 15 is 0 Å². The van der Waals surface area contributed by atoms with E-state index in [1.54, 1.807) is 4.90 Å². The van der Waals surface area contributed by atoms with Crippen molar-refractivity contribution in [3.63, 3.8) is 0 Å². The van der Waals surface area contributed by atoms with Crippen molar-refractivity contribution in [3.8, 4) is 5.69 Å². The van der Waals surface area contributed by atoms with E-state index in [1.165, 1.54) is 11.0 Å². The number of aliphatic carboxylic acids is 1. The van der Waals surface area contributed by atoms with E-state index in [4.69, 9.17) is 5.11 Å². The number of hydrogen-bond donors (Lipinski definition) is 1. The molecule has 1 aromatic heterocycles. The molecule has 0 atom stereocenters. The van der Waals surface area contributed by atoms with Crippen LogP contribution < -0.4 is 0 Å². The van der Waals surface area contributed by atoms with Crippen molar-refractivity contribution < 1.29 is 14.7 Å². The van der Waals surface area contributed by atoms with E-state index in [0.717, 1.165) is 11.3 Å². The molecule has 1 aromatic carbocycles. The van der Waals surface area contributed by atoms with Gasteiger partial charge in [-0.15, -0.1) is 5.10 Å². The highest BCUT2D eigenvalue weighted by Crippen LogP contribution is 2.10. The number of aromatic nitrogens is 4. The summed E-state index contributed by atoms with van der Waals surface area (Å²) in [5.74, 6) is -0.688. The smallest absolute Gasteiger partial charge is 0.305 e. The van der Waals surface area contributed by atoms with Crippen molar-refractivity contribution >= 4 is 11.9 Å². The molecule has 1 N–H and O–H groups in total. The first-order chi connectivity index (χ1) is 11.5. The van der Waals surface area contributed by atoms with Gasteiger partial charge < -0.3 is 10.0 Å². The number of hydrogen-bond acceptors (Lipinski definition) is 5. The molecule has 0 spiro atoms. The number of carboxylic acid groups (broad SMARTS) is 1. The molecule has 0 bridgehead atoms. The van der Waals surface area contributed by atoms with Gasteiger partial charge in [0.1, 0.15) is 6.33 Å². The number of rotatable bonds is 8. The van der Waals surface area contributed by atoms with Gasteiger partial charge in [-0.2, -0.15) is 0 Å². The van der Waals surface area contributed by atoms with Crippen molar-refractivity contribution in [2.75, 3.05) is 13.1 Å². The van der Waals surface area contributed by atoms with Gasteiger partial charge in [-0.3, -0.25) is 9.59 Å². The number of benzene rings is 1. The van der Waals surface area contributed by atoms with Crippen LogP contribution in [0.4, 0.5) is 0 Å². The number of tetrazole rings is 1. The fourth-order valence-corrected chi connectivity index (χ4v) is 2.32. The molecule has 128 valence electrons. The Hall–Kier alpha value is -2.77. The Bertz CT molecular complexity index is 668. The largest absolute Gasteiger partial charge is 0.481 e. The van der Waals surface area contributed by atoms with Gasteiger partial charge in [0.25, 0.3) is 0 Å². The second kappa shape index (κ2) is 8.19. The average Bonchev–Trinajstić information content (AvgIpc) is 3.06. The van der Waals surface area contributed by atoms with E-state index in [-0.39, 0.29) is 31.2 Å². The Morgan fingerprint density at radius 2 is 1.96 bits per heavy atom. The highest BCUT2D eigenvalue weighted by molar-refractivity contribution is 5.79. The van der Waals surface area contributed by atoms with Crippen LogP contribution in [-0.4, -0.2) is 55.2 Å². The van der Waals surface area contributed by atoms with Gasteiger partial charge in [-0.1, -0.05) is 26.0 Å². The average molecular weight is 331 g/mol. The fraction of sp³-hybridized carbons (Fsp3) is 0.438. The van der Waals surface area contributed by atoms with Crippen LogP contribution in [0.3, 0.4) is 0 Å². The molecule has 2 aromatic rings. The second-order valence-corrected chi connectivity index (χ2v) is 5.97. The zero-order chi connectivity index (χ0) is 17.5. The standard InChI is InChI=1S/C16H21N5O3/c1-12(2)10-20(8-7-16(23)24)15(22)9-13-3-5-14(6-4-13)21-11-17-18-19-21/h3-6,11-12H,7-10H2,1-2H3,(H,23,24). The summed E-state index contributed by atoms with van der Waals surface area (Å²) in [6.45, 7) is 4.79. The summed E-state index contributed by atoms with van der Waals surface area (Å²) in [5.41, 5.74) is 1.67. The first-order valence-electron chi connectivity index (χ1n) is 7.77. The number of nitrogens with zero attached hydrogens (tertiary/aromatic N) is 5. The van der Waals surface area contributed by atoms with Crippen LogP contribution in [-0.2, 0) is 16.0 Å². The molecule has 0 saturated heterocycles. The summed E-state index contributed by atoms with van der Waals surface area (Å²) in [6, 6.07) is 7.37. The molecule has 2 rings (SSSR count). The number of amides is 1. The van der Waals surface area contributed by atoms with Gasteiger partial charge in [0.05, 0.1) is 18.5 Å². The summed E-state index contributed by atoms with van der Waals surface area (Å²) < 4.78 is 1.53. The zero-order valence-corrected chi connectivity index (χ0v) is 13.8. The summed E-state index contributed by atoms with van der Waals surface area (Å²) in [7, 11) is 0. The summed E-state index contributed by atoms with van der Waals surface area (Å²) in [4.78, 5) is 24.9. The monoisotopic (exact) mass is 331 g/mol. The van der Waals surface area contributed by atoms with E-state index in [2.05, 4.69) is 15.5 Å². The minimum atomic E-state index is -0.901. The molecule has 1 amide bonds. The summed E-state index contributed by atoms with van der Waals surface area (Å²) >= 11 is 0. The maximum Gasteiger partial charge on any atom is 0.305 e. The first kappa shape index (κ1) is 17.6. The van der Waals surface area contributed by atoms with Crippen LogP contribution in [0.25, 0.3) is 5.69 Å². The lowest BCUT2D eigenvalue weighted by Gasteiger charge is -2.24. The minimum Gasteiger partial charge on any atom is -0.481 e. The van der Waals surface area contributed by atoms with Crippen molar-refractivity contribution in [3.05, 3.63) is 36.2 Å². The molecular weight excluding hydrogens is 310 g/mol. The Morgan fingerprint density at radius 1 is 1.25 bits per heavy atom. The van der Waals surface area contributed by atoms with Crippen molar-refractivity contribution in [1.82, 2.24) is 25.1 Å². The first-order valence-corrected chi connectivity index (χ1v) is 7.77. The van der Waals surface area contributed by atoms with Gasteiger partial charge in [0.2, 0.25) is 5.91 Å². The minimum absolute atomic E-state index is 0.0449. The van der Waals surface area contributed by atoms with Gasteiger partial charge >= 0.3 is 5.97 Å². The maximum absolute atomic E-state index is 12.5. The number of carbonyl (C=O) groups excluding carboxylic acids is 1. The predicted octanol–water partition coefficient (Wildman–Crippen LogP) is 1.16. The highest BCUT2D eigenvalue weighted by Gasteiger charge is 2.16. The van der Waals surface area contributed by atoms with Crippen LogP contribution in [0.1, 0.15) is 25.8 Å². The highest BCUT2D eigenvalue weighted by atomic mass is 16.4. The topological polar surface area (TPSA) is 101 Å². The normalized spacial score (nSPS) is 10.8. The van der Waals surface area contributed by atoms with E-state index in [1.807, 2.05) is 38.1 Å². The lowest BCUT2D eigenvalue weighted by atomic mass is 10.1. The number of carbonyl (C=O) groups is 2. The molecule has 0 aliphatic rings. The molecule has 8 heteroatoms. The number of carboxylic acids is 1. The van der Waals surface area contributed by atoms with Gasteiger partial charge in [-0.25, -0.2) is 4.68 Å². The van der Waals surface area contributed by atoms with Crippen LogP contribution in [0.5, 0.6) is 0 Å². The molecule has 8 nitrogen and oxygen atoms in total. The Balaban J connectivity index is 2.01. The second-order valence-electron chi connectivity index (χ2n) is 5.97. The SMILES string of the molecule is CC(C)CN(CCC(=O)O)C(=O)Cc1ccc(-n2cnnn2)cc1. The van der Waals surface area contributed by atoms with Gasteiger partial charge in [0, 0.05) is 13.1 Å². The van der Waals surface area contributed by atoms with Crippen LogP contribution in [0.2, 0.25) is 0 Å². The molecule has 0 fully saturated rings. The van der Waals surface area contributed by atoms with Crippen molar-refractivity contribution in [1.29, 1.82) is 0 Å². The Kier molecular flexibility index (Phi) is 6.00. The Labute approximate surface area is 140 Å². The van der Waals surface area contributed by atoms with Gasteiger partial charge in [0.15, 0.2) is 0 Å². The van der Waals surface area contributed by atoms with E-state index in [9.17, 15) is 9.59 Å².